The number of carbonyl (C=O) groups excluding carboxylic acids is 1. The van der Waals surface area contributed by atoms with Gasteiger partial charge in [-0.25, -0.2) is 13.2 Å². The number of para-hydroxylation sites is 1. The molecule has 4 N–H and O–H groups in total. The molecule has 0 saturated heterocycles. The molecule has 1 aliphatic rings. The monoisotopic (exact) mass is 515 g/mol. The van der Waals surface area contributed by atoms with Gasteiger partial charge in [0.05, 0.1) is 12.0 Å². The van der Waals surface area contributed by atoms with Crippen molar-refractivity contribution in [3.63, 3.8) is 0 Å². The molecule has 37 heavy (non-hydrogen) atoms. The largest absolute Gasteiger partial charge is 0.466 e. The van der Waals surface area contributed by atoms with Gasteiger partial charge in [-0.05, 0) is 71.5 Å². The number of aromatic nitrogens is 1. The minimum absolute atomic E-state index is 0.118. The fourth-order valence-electron chi connectivity index (χ4n) is 4.95. The number of nitrogens with one attached hydrogen (secondary N) is 2. The van der Waals surface area contributed by atoms with E-state index < -0.39 is 21.2 Å². The van der Waals surface area contributed by atoms with E-state index in [-0.39, 0.29) is 10.9 Å². The molecule has 1 heterocycles. The molecule has 3 aromatic carbocycles. The minimum Gasteiger partial charge on any atom is -0.466 e. The number of aromatic amines is 1. The molecular formula is C29H29N3O4S. The molecular weight excluding hydrogens is 486 g/mol. The number of nitrogens with two attached hydrogens (primary N) is 1. The van der Waals surface area contributed by atoms with Crippen LogP contribution in [0.25, 0.3) is 17.0 Å². The summed E-state index contributed by atoms with van der Waals surface area (Å²) in [7, 11) is -2.38. The summed E-state index contributed by atoms with van der Waals surface area (Å²) in [4.78, 5) is 14.9. The average Bonchev–Trinajstić information content (AvgIpc) is 3.51. The molecule has 7 nitrogen and oxygen atoms in total. The number of fused-ring (bicyclic) bond motifs is 2. The fourth-order valence-corrected chi connectivity index (χ4v) is 6.54. The Morgan fingerprint density at radius 1 is 1.16 bits per heavy atom. The van der Waals surface area contributed by atoms with Gasteiger partial charge in [0, 0.05) is 41.3 Å². The molecule has 0 spiro atoms. The number of H-pyrrole nitrogens is 1. The highest BCUT2D eigenvalue weighted by atomic mass is 32.2. The van der Waals surface area contributed by atoms with E-state index in [1.807, 2.05) is 48.7 Å². The van der Waals surface area contributed by atoms with Crippen molar-refractivity contribution in [3.05, 3.63) is 101 Å². The molecule has 0 bridgehead atoms. The Kier molecular flexibility index (Phi) is 6.86. The molecule has 0 saturated carbocycles. The number of aryl methyl sites for hydroxylation is 1. The molecule has 8 heteroatoms. The van der Waals surface area contributed by atoms with Gasteiger partial charge in [0.1, 0.15) is 5.37 Å². The lowest BCUT2D eigenvalue weighted by molar-refractivity contribution is -0.134. The Morgan fingerprint density at radius 3 is 2.73 bits per heavy atom. The number of anilines is 1. The van der Waals surface area contributed by atoms with E-state index in [0.29, 0.717) is 12.1 Å². The van der Waals surface area contributed by atoms with Crippen molar-refractivity contribution in [1.29, 1.82) is 0 Å². The lowest BCUT2D eigenvalue weighted by Crippen LogP contribution is -2.40. The van der Waals surface area contributed by atoms with Crippen molar-refractivity contribution < 1.29 is 17.9 Å². The Balaban J connectivity index is 1.46. The number of methoxy groups -OCH3 is 1. The lowest BCUT2D eigenvalue weighted by Gasteiger charge is -2.24. The maximum Gasteiger partial charge on any atom is 0.330 e. The first-order valence-corrected chi connectivity index (χ1v) is 13.7. The van der Waals surface area contributed by atoms with Crippen LogP contribution in [0.4, 0.5) is 5.69 Å². The van der Waals surface area contributed by atoms with Crippen LogP contribution in [-0.2, 0) is 32.2 Å². The number of carbonyl (C=O) groups is 1. The molecule has 1 aliphatic carbocycles. The minimum atomic E-state index is -3.72. The molecule has 1 aromatic heterocycles. The third kappa shape index (κ3) is 5.16. The number of rotatable bonds is 8. The summed E-state index contributed by atoms with van der Waals surface area (Å²) in [5.74, 6) is -0.409. The highest BCUT2D eigenvalue weighted by Gasteiger charge is 2.33. The van der Waals surface area contributed by atoms with Crippen LogP contribution in [0, 0.1) is 0 Å². The Labute approximate surface area is 216 Å². The topological polar surface area (TPSA) is 114 Å². The quantitative estimate of drug-likeness (QED) is 0.180. The van der Waals surface area contributed by atoms with E-state index in [1.165, 1.54) is 13.2 Å². The van der Waals surface area contributed by atoms with Gasteiger partial charge in [-0.15, -0.1) is 0 Å². The fraction of sp³-hybridized carbons (Fsp3) is 0.207. The lowest BCUT2D eigenvalue weighted by atomic mass is 10.0. The van der Waals surface area contributed by atoms with Crippen LogP contribution >= 0.6 is 0 Å². The van der Waals surface area contributed by atoms with Crippen LogP contribution < -0.4 is 11.1 Å². The number of benzene rings is 3. The highest BCUT2D eigenvalue weighted by Crippen LogP contribution is 2.34. The number of hydrogen-bond donors (Lipinski definition) is 3. The zero-order chi connectivity index (χ0) is 26.0. The summed E-state index contributed by atoms with van der Waals surface area (Å²) in [6.07, 6.45) is 6.90. The molecule has 2 atom stereocenters. The number of sulfone groups is 1. The Hall–Kier alpha value is -3.88. The zero-order valence-corrected chi connectivity index (χ0v) is 21.3. The van der Waals surface area contributed by atoms with Crippen molar-refractivity contribution in [2.24, 2.45) is 0 Å². The number of nitrogen functional groups attached to an aromatic ring is 1. The van der Waals surface area contributed by atoms with Gasteiger partial charge in [-0.2, -0.15) is 0 Å². The van der Waals surface area contributed by atoms with Gasteiger partial charge in [-0.3, -0.25) is 5.32 Å². The number of ether oxygens (including phenoxy) is 1. The number of hydrogen-bond acceptors (Lipinski definition) is 6. The Bertz CT molecular complexity index is 1570. The Morgan fingerprint density at radius 2 is 1.95 bits per heavy atom. The summed E-state index contributed by atoms with van der Waals surface area (Å²) >= 11 is 0. The predicted molar refractivity (Wildman–Crippen MR) is 146 cm³/mol. The van der Waals surface area contributed by atoms with Crippen LogP contribution in [0.3, 0.4) is 0 Å². The molecule has 5 rings (SSSR count). The second kappa shape index (κ2) is 10.2. The van der Waals surface area contributed by atoms with Crippen molar-refractivity contribution in [3.8, 4) is 0 Å². The van der Waals surface area contributed by atoms with Gasteiger partial charge in [0.25, 0.3) is 0 Å². The first-order chi connectivity index (χ1) is 17.8. The molecule has 0 radical (unpaired) electrons. The van der Waals surface area contributed by atoms with Gasteiger partial charge >= 0.3 is 5.97 Å². The molecule has 0 fully saturated rings. The molecule has 190 valence electrons. The standard InChI is InChI=1S/C29H29N3O4S/c1-36-29(33)15-7-19-6-13-25-20(16-19)8-14-27(25)32-28(37(34,35)23-11-9-22(30)10-12-23)17-21-18-31-26-5-3-2-4-24(21)26/h2-7,9-13,15-16,18,27-28,31-32H,8,14,17,30H2,1H3. The predicted octanol–water partition coefficient (Wildman–Crippen LogP) is 4.56. The average molecular weight is 516 g/mol. The summed E-state index contributed by atoms with van der Waals surface area (Å²) < 4.78 is 32.4. The summed E-state index contributed by atoms with van der Waals surface area (Å²) in [6, 6.07) is 20.1. The van der Waals surface area contributed by atoms with E-state index in [2.05, 4.69) is 15.0 Å². The van der Waals surface area contributed by atoms with Gasteiger partial charge in [0.15, 0.2) is 9.84 Å². The van der Waals surface area contributed by atoms with Crippen LogP contribution in [-0.4, -0.2) is 31.9 Å². The third-order valence-electron chi connectivity index (χ3n) is 6.91. The van der Waals surface area contributed by atoms with Crippen molar-refractivity contribution in [1.82, 2.24) is 10.3 Å². The SMILES string of the molecule is COC(=O)C=Cc1ccc2c(c1)CCC2NC(Cc1c[nH]c2ccccc12)S(=O)(=O)c1ccc(N)cc1. The van der Waals surface area contributed by atoms with Crippen LogP contribution in [0.5, 0.6) is 0 Å². The second-order valence-electron chi connectivity index (χ2n) is 9.24. The first-order valence-electron chi connectivity index (χ1n) is 12.1. The van der Waals surface area contributed by atoms with E-state index >= 15 is 0 Å². The third-order valence-corrected chi connectivity index (χ3v) is 8.89. The smallest absolute Gasteiger partial charge is 0.330 e. The van der Waals surface area contributed by atoms with Crippen LogP contribution in [0.15, 0.2) is 83.9 Å². The second-order valence-corrected chi connectivity index (χ2v) is 11.4. The molecule has 0 amide bonds. The van der Waals surface area contributed by atoms with E-state index in [0.717, 1.165) is 46.0 Å². The summed E-state index contributed by atoms with van der Waals surface area (Å²) in [5, 5.41) is 3.65. The van der Waals surface area contributed by atoms with Crippen LogP contribution in [0.2, 0.25) is 0 Å². The van der Waals surface area contributed by atoms with Gasteiger partial charge in [-0.1, -0.05) is 36.4 Å². The molecule has 2 unspecified atom stereocenters. The summed E-state index contributed by atoms with van der Waals surface area (Å²) in [6.45, 7) is 0. The number of esters is 1. The molecule has 0 aliphatic heterocycles. The van der Waals surface area contributed by atoms with Gasteiger partial charge in [0.2, 0.25) is 0 Å². The van der Waals surface area contributed by atoms with Crippen molar-refractivity contribution in [2.45, 2.75) is 35.6 Å². The van der Waals surface area contributed by atoms with Gasteiger partial charge < -0.3 is 15.5 Å². The normalized spacial score (nSPS) is 16.2. The van der Waals surface area contributed by atoms with Crippen molar-refractivity contribution >= 4 is 38.5 Å². The highest BCUT2D eigenvalue weighted by molar-refractivity contribution is 7.92. The van der Waals surface area contributed by atoms with E-state index in [9.17, 15) is 13.2 Å². The van der Waals surface area contributed by atoms with Crippen molar-refractivity contribution in [2.75, 3.05) is 12.8 Å². The van der Waals surface area contributed by atoms with Crippen LogP contribution in [0.1, 0.15) is 34.7 Å². The van der Waals surface area contributed by atoms with E-state index in [4.69, 9.17) is 5.73 Å². The maximum absolute atomic E-state index is 13.9. The zero-order valence-electron chi connectivity index (χ0n) is 20.5. The first kappa shape index (κ1) is 24.8. The molecule has 4 aromatic rings. The maximum atomic E-state index is 13.9. The summed E-state index contributed by atoms with van der Waals surface area (Å²) in [5.41, 5.74) is 11.4. The van der Waals surface area contributed by atoms with E-state index in [1.54, 1.807) is 30.3 Å².